The van der Waals surface area contributed by atoms with E-state index in [-0.39, 0.29) is 0 Å². The zero-order chi connectivity index (χ0) is 79.9. The molecule has 48 nitrogen and oxygen atoms in total. The first-order chi connectivity index (χ1) is 51.0. The molecule has 8 heterocycles. The first kappa shape index (κ1) is 90.3. The molecule has 108 heavy (non-hydrogen) atoms. The van der Waals surface area contributed by atoms with Gasteiger partial charge in [0.25, 0.3) is 0 Å². The molecule has 0 aromatic heterocycles. The predicted octanol–water partition coefficient (Wildman–Crippen LogP) is -19.5. The Morgan fingerprint density at radius 1 is 0.315 bits per heavy atom. The van der Waals surface area contributed by atoms with E-state index in [1.807, 2.05) is 0 Å². The van der Waals surface area contributed by atoms with E-state index in [4.69, 9.17) is 75.8 Å². The van der Waals surface area contributed by atoms with E-state index in [2.05, 4.69) is 16.0 Å². The van der Waals surface area contributed by atoms with Crippen molar-refractivity contribution in [3.63, 3.8) is 0 Å². The molecule has 0 spiro atoms. The second-order valence-corrected chi connectivity index (χ2v) is 27.2. The van der Waals surface area contributed by atoms with Gasteiger partial charge >= 0.3 is 0 Å². The number of hydrogen-bond donors (Lipinski definition) is 29. The van der Waals surface area contributed by atoms with E-state index in [0.29, 0.717) is 0 Å². The van der Waals surface area contributed by atoms with Crippen molar-refractivity contribution in [2.45, 2.75) is 298 Å². The van der Waals surface area contributed by atoms with Crippen LogP contribution in [0.15, 0.2) is 0 Å². The van der Waals surface area contributed by atoms with Crippen LogP contribution in [0.5, 0.6) is 0 Å². The summed E-state index contributed by atoms with van der Waals surface area (Å²) in [6, 6.07) is -5.73. The number of nitrogens with one attached hydrogen (secondary N) is 3. The normalized spacial score (nSPS) is 47.3. The highest BCUT2D eigenvalue weighted by Crippen LogP contribution is 2.39. The number of carbonyl (C=O) groups is 3. The van der Waals surface area contributed by atoms with Crippen LogP contribution in [0.3, 0.4) is 0 Å². The molecule has 44 atom stereocenters. The third kappa shape index (κ3) is 20.1. The van der Waals surface area contributed by atoms with E-state index in [9.17, 15) is 147 Å². The molecule has 0 aromatic carbocycles. The lowest BCUT2D eigenvalue weighted by molar-refractivity contribution is -0.389. The number of ether oxygens (including phenoxy) is 16. The SMILES string of the molecule is CC(=O)N[C@H]1[C@H](O[C@H]2[C@@H](O)[C@@H](CO[C@@H]3O[C@H](CO)[C@@H](O[C@@H]4O[C@H](CO)[C@H](O)[C@H](O[C@@H]5O[C@H](CO)[C@@H](O)[C@H](O[C@@H]6O[C@H](CO)[C@H](O)[C@H](O)[C@H]6O[C@@H]6O[C@@H](C)[C@@H](O)[C@@H](O)[C@@H]6O)[C@H]5NC(C)=O)[C@H]4O)[C@H](O)[C@H]3NC(C)=O)O[C@@H](O[C@@H]([C@H](O)[C@@H](O)CO)[C@H](O)CO)[C@@H]2O)O[C@H](CO)[C@@H](O[C@@H]2O[C@H](CO)[C@H](O)[C@H](O)[C@H]2O)[C@@H]1O. The number of aliphatic hydroxyl groups excluding tert-OH is 26. The largest absolute Gasteiger partial charge is 0.394 e. The molecule has 0 saturated carbocycles. The maximum atomic E-state index is 13.1. The topological polar surface area (TPSA) is 761 Å². The van der Waals surface area contributed by atoms with E-state index in [1.54, 1.807) is 0 Å². The Morgan fingerprint density at radius 2 is 0.657 bits per heavy atom. The summed E-state index contributed by atoms with van der Waals surface area (Å²) in [4.78, 5) is 38.8. The number of hydrogen-bond acceptors (Lipinski definition) is 45. The summed E-state index contributed by atoms with van der Waals surface area (Å²) in [6.07, 6.45) is -83.6. The minimum Gasteiger partial charge on any atom is -0.394 e. The zero-order valence-corrected chi connectivity index (χ0v) is 58.2. The minimum atomic E-state index is -2.43. The summed E-state index contributed by atoms with van der Waals surface area (Å²) in [7, 11) is 0. The van der Waals surface area contributed by atoms with Gasteiger partial charge in [-0.1, -0.05) is 0 Å². The molecule has 628 valence electrons. The summed E-state index contributed by atoms with van der Waals surface area (Å²) in [5, 5.41) is 291. The van der Waals surface area contributed by atoms with Crippen LogP contribution in [-0.4, -0.2) is 480 Å². The molecular weight excluding hydrogens is 1480 g/mol. The minimum absolute atomic E-state index is 0.929. The Balaban J connectivity index is 1.04. The Morgan fingerprint density at radius 3 is 1.15 bits per heavy atom. The van der Waals surface area contributed by atoms with Gasteiger partial charge in [0.2, 0.25) is 17.7 Å². The summed E-state index contributed by atoms with van der Waals surface area (Å²) in [6.45, 7) is -5.92. The average molecular weight is 1590 g/mol. The standard InChI is InChI=1S/C60H103N3O45/c1-14-30(77)39(86)42(89)56(94-14)108-52-41(88)33(80)21(8-67)98-60(52)105-49-29(63-17(4)74)55(95-22(9-68)34(49)81)107-50-35(82)23(10-69)97-58(44(50)91)104-47-24(11-70)99-53(27(37(47)84)61-15(2)72)93-13-26-36(83)51(45(92)59(101-26)102-46(19(76)6-65)31(78)18(75)5-64)106-54-28(62-16(3)73)38(85)48(25(12-71)100-54)103-57-43(90)40(87)32(79)20(7-66)96-57/h14,18-60,64-71,75-92H,5-13H2,1-4H3,(H,61,72)(H,62,73)(H,63,74)/t14-,18-,19+,20+,21+,22+,23+,24+,25+,26+,27+,28+,29+,30+,31+,32-,33-,34+,35-,36-,37+,38+,39+,40-,41-,42-,43+,44+,45+,46+,47+,48+,49+,50-,51-,52+,53+,54-,55-,56-,57-,58-,59-,60-/m0/s1. The van der Waals surface area contributed by atoms with Gasteiger partial charge in [0.05, 0.1) is 65.6 Å². The lowest BCUT2D eigenvalue weighted by Gasteiger charge is -2.51. The first-order valence-electron chi connectivity index (χ1n) is 34.4. The van der Waals surface area contributed by atoms with Gasteiger partial charge in [-0.2, -0.15) is 0 Å². The van der Waals surface area contributed by atoms with Gasteiger partial charge < -0.3 is 225 Å². The van der Waals surface area contributed by atoms with Gasteiger partial charge in [-0.15, -0.1) is 0 Å². The molecule has 8 rings (SSSR count). The third-order valence-corrected chi connectivity index (χ3v) is 19.6. The number of aliphatic hydroxyl groups is 26. The van der Waals surface area contributed by atoms with Gasteiger partial charge in [0.1, 0.15) is 213 Å². The van der Waals surface area contributed by atoms with Gasteiger partial charge in [0, 0.05) is 20.8 Å². The Hall–Kier alpha value is -3.27. The van der Waals surface area contributed by atoms with E-state index in [0.717, 1.165) is 20.8 Å². The molecule has 0 aliphatic carbocycles. The maximum Gasteiger partial charge on any atom is 0.217 e. The number of amides is 3. The maximum absolute atomic E-state index is 13.1. The van der Waals surface area contributed by atoms with Crippen molar-refractivity contribution in [3.8, 4) is 0 Å². The predicted molar refractivity (Wildman–Crippen MR) is 333 cm³/mol. The fraction of sp³-hybridized carbons (Fsp3) is 0.950. The average Bonchev–Trinajstić information content (AvgIpc) is 0.771. The van der Waals surface area contributed by atoms with Crippen LogP contribution in [-0.2, 0) is 90.2 Å². The third-order valence-electron chi connectivity index (χ3n) is 19.6. The fourth-order valence-electron chi connectivity index (χ4n) is 13.6. The quantitative estimate of drug-likeness (QED) is 0.0306. The van der Waals surface area contributed by atoms with Crippen LogP contribution < -0.4 is 16.0 Å². The Labute approximate surface area is 612 Å². The highest BCUT2D eigenvalue weighted by atomic mass is 16.8. The van der Waals surface area contributed by atoms with Crippen molar-refractivity contribution in [2.24, 2.45) is 0 Å². The van der Waals surface area contributed by atoms with Crippen molar-refractivity contribution < 1.29 is 223 Å². The van der Waals surface area contributed by atoms with Gasteiger partial charge in [-0.05, 0) is 6.92 Å². The van der Waals surface area contributed by atoms with Gasteiger partial charge in [0.15, 0.2) is 50.3 Å². The molecular formula is C60H103N3O45. The van der Waals surface area contributed by atoms with Crippen molar-refractivity contribution in [1.82, 2.24) is 16.0 Å². The monoisotopic (exact) mass is 1590 g/mol. The molecule has 48 heteroatoms. The molecule has 0 unspecified atom stereocenters. The number of rotatable bonds is 31. The molecule has 8 fully saturated rings. The summed E-state index contributed by atoms with van der Waals surface area (Å²) in [5.41, 5.74) is 0. The van der Waals surface area contributed by atoms with Crippen LogP contribution in [0.4, 0.5) is 0 Å². The molecule has 29 N–H and O–H groups in total. The van der Waals surface area contributed by atoms with Crippen molar-refractivity contribution in [2.75, 3.05) is 59.5 Å². The van der Waals surface area contributed by atoms with Crippen LogP contribution >= 0.6 is 0 Å². The molecule has 8 aliphatic rings. The van der Waals surface area contributed by atoms with Crippen molar-refractivity contribution >= 4 is 17.7 Å². The second-order valence-electron chi connectivity index (χ2n) is 27.2. The van der Waals surface area contributed by atoms with E-state index < -0.39 is 347 Å². The van der Waals surface area contributed by atoms with Gasteiger partial charge in [-0.3, -0.25) is 14.4 Å². The molecule has 8 aliphatic heterocycles. The molecule has 0 radical (unpaired) electrons. The van der Waals surface area contributed by atoms with Crippen LogP contribution in [0.1, 0.15) is 27.7 Å². The Bertz CT molecular complexity index is 2770. The first-order valence-corrected chi connectivity index (χ1v) is 34.4. The summed E-state index contributed by atoms with van der Waals surface area (Å²) in [5.74, 6) is -2.83. The molecule has 0 aromatic rings. The lowest BCUT2D eigenvalue weighted by Crippen LogP contribution is -2.71. The zero-order valence-electron chi connectivity index (χ0n) is 58.2. The van der Waals surface area contributed by atoms with Crippen LogP contribution in [0.25, 0.3) is 0 Å². The van der Waals surface area contributed by atoms with Crippen molar-refractivity contribution in [1.29, 1.82) is 0 Å². The molecule has 8 saturated heterocycles. The van der Waals surface area contributed by atoms with E-state index >= 15 is 0 Å². The summed E-state index contributed by atoms with van der Waals surface area (Å²) >= 11 is 0. The number of carbonyl (C=O) groups excluding carboxylic acids is 3. The summed E-state index contributed by atoms with van der Waals surface area (Å²) < 4.78 is 93.8. The molecule has 3 amide bonds. The highest BCUT2D eigenvalue weighted by Gasteiger charge is 2.60. The van der Waals surface area contributed by atoms with Crippen LogP contribution in [0.2, 0.25) is 0 Å². The lowest BCUT2D eigenvalue weighted by atomic mass is 9.94. The Kier molecular flexibility index (Phi) is 33.3. The fourth-order valence-corrected chi connectivity index (χ4v) is 13.6. The second kappa shape index (κ2) is 39.9. The van der Waals surface area contributed by atoms with Gasteiger partial charge in [-0.25, -0.2) is 0 Å². The highest BCUT2D eigenvalue weighted by molar-refractivity contribution is 5.74. The smallest absolute Gasteiger partial charge is 0.217 e. The van der Waals surface area contributed by atoms with Crippen LogP contribution in [0, 0.1) is 0 Å². The molecule has 0 bridgehead atoms. The van der Waals surface area contributed by atoms with E-state index in [1.165, 1.54) is 6.92 Å². The van der Waals surface area contributed by atoms with Crippen molar-refractivity contribution in [3.05, 3.63) is 0 Å².